The number of aliphatic hydroxyl groups excluding tert-OH is 1. The van der Waals surface area contributed by atoms with Crippen molar-refractivity contribution in [1.82, 2.24) is 14.5 Å². The number of likely N-dealkylation sites (tertiary alicyclic amines) is 1. The van der Waals surface area contributed by atoms with Crippen LogP contribution in [0.3, 0.4) is 0 Å². The van der Waals surface area contributed by atoms with Gasteiger partial charge in [-0.25, -0.2) is 4.98 Å². The normalized spacial score (nSPS) is 16.6. The Kier molecular flexibility index (Phi) is 8.05. The molecule has 1 amide bonds. The van der Waals surface area contributed by atoms with Crippen LogP contribution in [0.5, 0.6) is 0 Å². The first-order valence-corrected chi connectivity index (χ1v) is 13.5. The van der Waals surface area contributed by atoms with E-state index in [1.807, 2.05) is 11.0 Å². The summed E-state index contributed by atoms with van der Waals surface area (Å²) in [5.74, 6) is 0.917. The van der Waals surface area contributed by atoms with Crippen LogP contribution in [-0.2, 0) is 17.8 Å². The fourth-order valence-electron chi connectivity index (χ4n) is 5.63. The van der Waals surface area contributed by atoms with Gasteiger partial charge in [0.15, 0.2) is 0 Å². The number of amides is 1. The molecule has 0 radical (unpaired) electrons. The van der Waals surface area contributed by atoms with E-state index in [4.69, 9.17) is 11.5 Å². The summed E-state index contributed by atoms with van der Waals surface area (Å²) in [6, 6.07) is 22.4. The van der Waals surface area contributed by atoms with Gasteiger partial charge in [-0.2, -0.15) is 0 Å². The van der Waals surface area contributed by atoms with Crippen LogP contribution in [0.4, 0.5) is 5.82 Å². The third kappa shape index (κ3) is 5.90. The van der Waals surface area contributed by atoms with Crippen LogP contribution in [-0.4, -0.2) is 51.2 Å². The number of aryl methyl sites for hydroxylation is 1. The maximum Gasteiger partial charge on any atom is 0.224 e. The van der Waals surface area contributed by atoms with E-state index in [-0.39, 0.29) is 24.5 Å². The quantitative estimate of drug-likeness (QED) is 0.310. The highest BCUT2D eigenvalue weighted by Gasteiger charge is 2.28. The SMILES string of the molecule is Nc1ccc(-c2ccc(C[C@@H](N)CC(=O)N3CCCC(c4cc5ccccc5n4CCCO)C3)cc2)cn1. The van der Waals surface area contributed by atoms with E-state index in [0.29, 0.717) is 31.6 Å². The van der Waals surface area contributed by atoms with E-state index in [0.717, 1.165) is 42.6 Å². The van der Waals surface area contributed by atoms with Crippen molar-refractivity contribution in [3.05, 3.63) is 84.2 Å². The van der Waals surface area contributed by atoms with Crippen LogP contribution in [0.1, 0.15) is 42.9 Å². The zero-order valence-electron chi connectivity index (χ0n) is 21.8. The Balaban J connectivity index is 1.21. The van der Waals surface area contributed by atoms with Gasteiger partial charge >= 0.3 is 0 Å². The summed E-state index contributed by atoms with van der Waals surface area (Å²) in [5.41, 5.74) is 17.8. The minimum Gasteiger partial charge on any atom is -0.396 e. The van der Waals surface area contributed by atoms with Crippen LogP contribution < -0.4 is 11.5 Å². The second kappa shape index (κ2) is 11.8. The fourth-order valence-corrected chi connectivity index (χ4v) is 5.63. The van der Waals surface area contributed by atoms with Crippen LogP contribution >= 0.6 is 0 Å². The van der Waals surface area contributed by atoms with Crippen molar-refractivity contribution >= 4 is 22.6 Å². The van der Waals surface area contributed by atoms with Gasteiger partial charge in [0.2, 0.25) is 5.91 Å². The summed E-state index contributed by atoms with van der Waals surface area (Å²) >= 11 is 0. The molecule has 1 fully saturated rings. The average molecular weight is 512 g/mol. The highest BCUT2D eigenvalue weighted by atomic mass is 16.3. The number of hydrogen-bond donors (Lipinski definition) is 3. The topological polar surface area (TPSA) is 110 Å². The number of aliphatic hydroxyl groups is 1. The number of rotatable bonds is 9. The van der Waals surface area contributed by atoms with E-state index in [1.54, 1.807) is 12.3 Å². The van der Waals surface area contributed by atoms with Crippen LogP contribution in [0.2, 0.25) is 0 Å². The molecule has 5 rings (SSSR count). The number of nitrogens with two attached hydrogens (primary N) is 2. The molecule has 4 aromatic rings. The van der Waals surface area contributed by atoms with E-state index < -0.39 is 0 Å². The van der Waals surface area contributed by atoms with Gasteiger partial charge in [-0.1, -0.05) is 42.5 Å². The first kappa shape index (κ1) is 25.9. The van der Waals surface area contributed by atoms with Gasteiger partial charge in [0.1, 0.15) is 5.82 Å². The Morgan fingerprint density at radius 2 is 1.87 bits per heavy atom. The minimum atomic E-state index is -0.233. The van der Waals surface area contributed by atoms with Crippen LogP contribution in [0.25, 0.3) is 22.0 Å². The number of anilines is 1. The van der Waals surface area contributed by atoms with Crippen LogP contribution in [0.15, 0.2) is 72.9 Å². The lowest BCUT2D eigenvalue weighted by Gasteiger charge is -2.34. The number of carbonyl (C=O) groups is 1. The van der Waals surface area contributed by atoms with Crippen LogP contribution in [0, 0.1) is 0 Å². The second-order valence-corrected chi connectivity index (χ2v) is 10.4. The summed E-state index contributed by atoms with van der Waals surface area (Å²) in [7, 11) is 0. The minimum absolute atomic E-state index is 0.129. The third-order valence-electron chi connectivity index (χ3n) is 7.58. The Bertz CT molecular complexity index is 1360. The van der Waals surface area contributed by atoms with Crippen molar-refractivity contribution in [2.24, 2.45) is 5.73 Å². The highest BCUT2D eigenvalue weighted by Crippen LogP contribution is 2.32. The monoisotopic (exact) mass is 511 g/mol. The third-order valence-corrected chi connectivity index (χ3v) is 7.58. The van der Waals surface area contributed by atoms with Gasteiger partial charge in [-0.15, -0.1) is 0 Å². The molecule has 7 nitrogen and oxygen atoms in total. The van der Waals surface area contributed by atoms with E-state index in [1.165, 1.54) is 16.6 Å². The number of aromatic nitrogens is 2. The summed E-state index contributed by atoms with van der Waals surface area (Å²) < 4.78 is 2.33. The van der Waals surface area contributed by atoms with Crippen molar-refractivity contribution in [2.45, 2.75) is 50.6 Å². The van der Waals surface area contributed by atoms with Gasteiger partial charge in [-0.3, -0.25) is 4.79 Å². The van der Waals surface area contributed by atoms with Gasteiger partial charge in [0, 0.05) is 67.6 Å². The molecule has 0 spiro atoms. The van der Waals surface area contributed by atoms with E-state index in [2.05, 4.69) is 64.1 Å². The molecule has 5 N–H and O–H groups in total. The molecule has 2 aromatic heterocycles. The number of carbonyl (C=O) groups excluding carboxylic acids is 1. The molecule has 1 aliphatic heterocycles. The van der Waals surface area contributed by atoms with Gasteiger partial charge in [-0.05, 0) is 66.5 Å². The zero-order chi connectivity index (χ0) is 26.5. The van der Waals surface area contributed by atoms with Gasteiger partial charge in [0.25, 0.3) is 0 Å². The number of fused-ring (bicyclic) bond motifs is 1. The molecule has 0 saturated carbocycles. The first-order valence-electron chi connectivity index (χ1n) is 13.5. The Labute approximate surface area is 224 Å². The second-order valence-electron chi connectivity index (χ2n) is 10.4. The number of piperidine rings is 1. The fraction of sp³-hybridized carbons (Fsp3) is 0.355. The lowest BCUT2D eigenvalue weighted by Crippen LogP contribution is -2.42. The number of nitrogen functional groups attached to an aromatic ring is 1. The molecule has 1 saturated heterocycles. The number of hydrogen-bond acceptors (Lipinski definition) is 5. The smallest absolute Gasteiger partial charge is 0.224 e. The van der Waals surface area contributed by atoms with Crippen molar-refractivity contribution < 1.29 is 9.90 Å². The summed E-state index contributed by atoms with van der Waals surface area (Å²) in [4.78, 5) is 19.4. The molecule has 3 heterocycles. The lowest BCUT2D eigenvalue weighted by molar-refractivity contribution is -0.132. The standard InChI is InChI=1S/C31H37N5O2/c32-27(17-22-8-10-23(11-9-22)25-12-13-30(33)34-20-25)19-31(38)35-14-3-6-26(21-35)29-18-24-5-1-2-7-28(24)36(29)15-4-16-37/h1-2,5,7-13,18,20,26-27,37H,3-4,6,14-17,19,21,32H2,(H2,33,34)/t26?,27-/m1/s1. The molecule has 38 heavy (non-hydrogen) atoms. The number of pyridine rings is 1. The Hall–Kier alpha value is -3.68. The molecule has 1 aliphatic rings. The summed E-state index contributed by atoms with van der Waals surface area (Å²) in [6.07, 6.45) is 5.51. The van der Waals surface area contributed by atoms with Crippen molar-refractivity contribution in [2.75, 3.05) is 25.4 Å². The molecular formula is C31H37N5O2. The first-order chi connectivity index (χ1) is 18.5. The van der Waals surface area contributed by atoms with Gasteiger partial charge in [0.05, 0.1) is 0 Å². The maximum atomic E-state index is 13.3. The Morgan fingerprint density at radius 1 is 1.08 bits per heavy atom. The van der Waals surface area contributed by atoms with Crippen molar-refractivity contribution in [3.8, 4) is 11.1 Å². The lowest BCUT2D eigenvalue weighted by atomic mass is 9.93. The predicted molar refractivity (Wildman–Crippen MR) is 153 cm³/mol. The predicted octanol–water partition coefficient (Wildman–Crippen LogP) is 4.33. The van der Waals surface area contributed by atoms with Crippen molar-refractivity contribution in [1.29, 1.82) is 0 Å². The number of nitrogens with zero attached hydrogens (tertiary/aromatic N) is 3. The highest BCUT2D eigenvalue weighted by molar-refractivity contribution is 5.82. The molecule has 0 bridgehead atoms. The molecule has 1 unspecified atom stereocenters. The number of para-hydroxylation sites is 1. The molecular weight excluding hydrogens is 474 g/mol. The molecule has 198 valence electrons. The Morgan fingerprint density at radius 3 is 2.63 bits per heavy atom. The average Bonchev–Trinajstić information content (AvgIpc) is 3.31. The molecule has 7 heteroatoms. The van der Waals surface area contributed by atoms with E-state index >= 15 is 0 Å². The summed E-state index contributed by atoms with van der Waals surface area (Å²) in [6.45, 7) is 2.44. The summed E-state index contributed by atoms with van der Waals surface area (Å²) in [5, 5.41) is 10.6. The molecule has 0 aliphatic carbocycles. The molecule has 2 atom stereocenters. The van der Waals surface area contributed by atoms with Crippen molar-refractivity contribution in [3.63, 3.8) is 0 Å². The molecule has 2 aromatic carbocycles. The van der Waals surface area contributed by atoms with Gasteiger partial charge < -0.3 is 26.0 Å². The zero-order valence-corrected chi connectivity index (χ0v) is 21.8. The van der Waals surface area contributed by atoms with E-state index in [9.17, 15) is 9.90 Å². The largest absolute Gasteiger partial charge is 0.396 e. The maximum absolute atomic E-state index is 13.3. The number of benzene rings is 2.